The molecule has 0 saturated carbocycles. The third-order valence-corrected chi connectivity index (χ3v) is 4.39. The van der Waals surface area contributed by atoms with Crippen molar-refractivity contribution in [3.63, 3.8) is 0 Å². The third kappa shape index (κ3) is 3.15. The first-order chi connectivity index (χ1) is 9.66. The van der Waals surface area contributed by atoms with Gasteiger partial charge in [0.05, 0.1) is 11.2 Å². The molecule has 0 unspecified atom stereocenters. The van der Waals surface area contributed by atoms with Crippen molar-refractivity contribution in [2.45, 2.75) is 45.8 Å². The van der Waals surface area contributed by atoms with Crippen molar-refractivity contribution in [1.29, 1.82) is 0 Å². The van der Waals surface area contributed by atoms with E-state index in [-0.39, 0.29) is 17.0 Å². The minimum atomic E-state index is -0.437. The van der Waals surface area contributed by atoms with Gasteiger partial charge in [0.15, 0.2) is 0 Å². The highest BCUT2D eigenvalue weighted by atomic mass is 16.7. The van der Waals surface area contributed by atoms with Crippen LogP contribution in [0.25, 0.3) is 6.08 Å². The summed E-state index contributed by atoms with van der Waals surface area (Å²) in [6.07, 6.45) is 1.98. The zero-order valence-corrected chi connectivity index (χ0v) is 13.4. The molecule has 1 aromatic rings. The molecule has 0 radical (unpaired) electrons. The van der Waals surface area contributed by atoms with Crippen molar-refractivity contribution in [3.05, 3.63) is 34.8 Å². The van der Waals surface area contributed by atoms with Crippen molar-refractivity contribution in [2.75, 3.05) is 6.54 Å². The monoisotopic (exact) mass is 289 g/mol. The smallest absolute Gasteiger partial charge is 0.491 e. The van der Waals surface area contributed by atoms with Crippen LogP contribution in [-0.2, 0) is 9.31 Å². The molecule has 114 valence electrons. The van der Waals surface area contributed by atoms with Crippen molar-refractivity contribution in [2.24, 2.45) is 5.73 Å². The second-order valence-corrected chi connectivity index (χ2v) is 6.55. The lowest BCUT2D eigenvalue weighted by Crippen LogP contribution is -2.41. The van der Waals surface area contributed by atoms with E-state index < -0.39 is 7.12 Å². The highest BCUT2D eigenvalue weighted by Crippen LogP contribution is 2.38. The lowest BCUT2D eigenvalue weighted by molar-refractivity contribution is 0.00578. The molecule has 0 aliphatic carbocycles. The summed E-state index contributed by atoms with van der Waals surface area (Å²) >= 11 is 0. The summed E-state index contributed by atoms with van der Waals surface area (Å²) in [5, 5.41) is 9.48. The molecule has 1 heterocycles. The fraction of sp³-hybridized carbons (Fsp3) is 0.500. The van der Waals surface area contributed by atoms with Crippen molar-refractivity contribution >= 4 is 13.2 Å². The van der Waals surface area contributed by atoms with Gasteiger partial charge in [0.2, 0.25) is 0 Å². The van der Waals surface area contributed by atoms with Gasteiger partial charge >= 0.3 is 7.12 Å². The molecular formula is C16H24BNO3. The molecule has 0 bridgehead atoms. The normalized spacial score (nSPS) is 20.9. The van der Waals surface area contributed by atoms with Gasteiger partial charge in [0, 0.05) is 6.54 Å². The number of hydrogen-bond donors (Lipinski definition) is 2. The average Bonchev–Trinajstić information content (AvgIpc) is 2.57. The van der Waals surface area contributed by atoms with Gasteiger partial charge in [-0.15, -0.1) is 0 Å². The molecule has 0 amide bonds. The lowest BCUT2D eigenvalue weighted by Gasteiger charge is -2.32. The van der Waals surface area contributed by atoms with Gasteiger partial charge in [-0.05, 0) is 63.4 Å². The summed E-state index contributed by atoms with van der Waals surface area (Å²) in [4.78, 5) is 0. The second kappa shape index (κ2) is 5.48. The van der Waals surface area contributed by atoms with E-state index in [0.29, 0.717) is 6.54 Å². The number of phenols is 1. The van der Waals surface area contributed by atoms with E-state index in [1.807, 2.05) is 46.8 Å². The van der Waals surface area contributed by atoms with E-state index >= 15 is 0 Å². The number of hydrogen-bond acceptors (Lipinski definition) is 4. The molecule has 1 aromatic carbocycles. The van der Waals surface area contributed by atoms with Crippen LogP contribution in [0.15, 0.2) is 23.7 Å². The Balaban J connectivity index is 2.31. The Morgan fingerprint density at radius 2 is 1.81 bits per heavy atom. The van der Waals surface area contributed by atoms with E-state index in [2.05, 4.69) is 0 Å². The Labute approximate surface area is 127 Å². The van der Waals surface area contributed by atoms with Gasteiger partial charge in [-0.2, -0.15) is 0 Å². The molecule has 1 fully saturated rings. The zero-order chi connectivity index (χ0) is 15.8. The SMILES string of the molecule is Cc1cc(O)ccc1C=C(CN)B1OC(C)(C)C(C)(C)O1. The maximum absolute atomic E-state index is 9.48. The number of rotatable bonds is 3. The summed E-state index contributed by atoms with van der Waals surface area (Å²) in [6.45, 7) is 10.4. The van der Waals surface area contributed by atoms with Gasteiger partial charge < -0.3 is 20.1 Å². The van der Waals surface area contributed by atoms with Crippen LogP contribution in [0.2, 0.25) is 0 Å². The number of aryl methyl sites for hydroxylation is 1. The molecule has 0 aromatic heterocycles. The predicted octanol–water partition coefficient (Wildman–Crippen LogP) is 2.67. The standard InChI is InChI=1S/C16H24BNO3/c1-11-8-14(19)7-6-12(11)9-13(10-18)17-20-15(2,3)16(4,5)21-17/h6-9,19H,10,18H2,1-5H3. The van der Waals surface area contributed by atoms with E-state index in [1.165, 1.54) is 0 Å². The van der Waals surface area contributed by atoms with Gasteiger partial charge in [0.25, 0.3) is 0 Å². The van der Waals surface area contributed by atoms with E-state index in [1.54, 1.807) is 12.1 Å². The minimum absolute atomic E-state index is 0.259. The quantitative estimate of drug-likeness (QED) is 0.840. The maximum atomic E-state index is 9.48. The maximum Gasteiger partial charge on any atom is 0.491 e. The number of phenolic OH excluding ortho intramolecular Hbond substituents is 1. The summed E-state index contributed by atoms with van der Waals surface area (Å²) in [7, 11) is -0.437. The van der Waals surface area contributed by atoms with Crippen LogP contribution < -0.4 is 5.73 Å². The number of aromatic hydroxyl groups is 1. The second-order valence-electron chi connectivity index (χ2n) is 6.55. The Morgan fingerprint density at radius 1 is 1.24 bits per heavy atom. The first-order valence-electron chi connectivity index (χ1n) is 7.22. The molecule has 0 spiro atoms. The van der Waals surface area contributed by atoms with Crippen LogP contribution in [-0.4, -0.2) is 30.0 Å². The zero-order valence-electron chi connectivity index (χ0n) is 13.4. The summed E-state index contributed by atoms with van der Waals surface area (Å²) in [6, 6.07) is 5.26. The fourth-order valence-corrected chi connectivity index (χ4v) is 2.24. The van der Waals surface area contributed by atoms with Crippen LogP contribution >= 0.6 is 0 Å². The lowest BCUT2D eigenvalue weighted by atomic mass is 9.77. The van der Waals surface area contributed by atoms with E-state index in [0.717, 1.165) is 16.6 Å². The van der Waals surface area contributed by atoms with E-state index in [4.69, 9.17) is 15.0 Å². The molecule has 21 heavy (non-hydrogen) atoms. The Morgan fingerprint density at radius 3 is 2.29 bits per heavy atom. The Kier molecular flexibility index (Phi) is 4.20. The molecule has 0 atom stereocenters. The van der Waals surface area contributed by atoms with Crippen LogP contribution in [0, 0.1) is 6.92 Å². The predicted molar refractivity (Wildman–Crippen MR) is 86.0 cm³/mol. The molecule has 1 aliphatic heterocycles. The number of benzene rings is 1. The van der Waals surface area contributed by atoms with Gasteiger partial charge in [0.1, 0.15) is 5.75 Å². The van der Waals surface area contributed by atoms with Gasteiger partial charge in [-0.1, -0.05) is 12.1 Å². The Bertz CT molecular complexity index is 551. The van der Waals surface area contributed by atoms with Gasteiger partial charge in [-0.25, -0.2) is 0 Å². The largest absolute Gasteiger partial charge is 0.508 e. The summed E-state index contributed by atoms with van der Waals surface area (Å²) in [5.74, 6) is 0.259. The van der Waals surface area contributed by atoms with Crippen LogP contribution in [0.5, 0.6) is 5.75 Å². The Hall–Kier alpha value is -1.30. The molecule has 1 saturated heterocycles. The van der Waals surface area contributed by atoms with Crippen molar-refractivity contribution in [3.8, 4) is 5.75 Å². The molecular weight excluding hydrogens is 265 g/mol. The molecule has 1 aliphatic rings. The molecule has 3 N–H and O–H groups in total. The van der Waals surface area contributed by atoms with E-state index in [9.17, 15) is 5.11 Å². The molecule has 4 nitrogen and oxygen atoms in total. The summed E-state index contributed by atoms with van der Waals surface area (Å²) < 4.78 is 12.1. The van der Waals surface area contributed by atoms with Crippen molar-refractivity contribution < 1.29 is 14.4 Å². The van der Waals surface area contributed by atoms with Gasteiger partial charge in [-0.3, -0.25) is 0 Å². The first kappa shape index (κ1) is 16.1. The topological polar surface area (TPSA) is 64.7 Å². The van der Waals surface area contributed by atoms with Crippen molar-refractivity contribution in [1.82, 2.24) is 0 Å². The van der Waals surface area contributed by atoms with Crippen LogP contribution in [0.3, 0.4) is 0 Å². The third-order valence-electron chi connectivity index (χ3n) is 4.39. The highest BCUT2D eigenvalue weighted by molar-refractivity contribution is 6.55. The number of nitrogens with two attached hydrogens (primary N) is 1. The fourth-order valence-electron chi connectivity index (χ4n) is 2.24. The summed E-state index contributed by atoms with van der Waals surface area (Å²) in [5.41, 5.74) is 8.00. The first-order valence-corrected chi connectivity index (χ1v) is 7.22. The average molecular weight is 289 g/mol. The van der Waals surface area contributed by atoms with Crippen LogP contribution in [0.4, 0.5) is 0 Å². The molecule has 2 rings (SSSR count). The molecule has 5 heteroatoms. The van der Waals surface area contributed by atoms with Crippen LogP contribution in [0.1, 0.15) is 38.8 Å². The highest BCUT2D eigenvalue weighted by Gasteiger charge is 2.52. The minimum Gasteiger partial charge on any atom is -0.508 e.